The highest BCUT2D eigenvalue weighted by atomic mass is 16.5. The van der Waals surface area contributed by atoms with Gasteiger partial charge in [0.05, 0.1) is 11.7 Å². The van der Waals surface area contributed by atoms with Crippen LogP contribution in [0.1, 0.15) is 45.3 Å². The average molecular weight is 258 g/mol. The Bertz CT molecular complexity index is 498. The Morgan fingerprint density at radius 1 is 1.21 bits per heavy atom. The molecule has 0 spiro atoms. The lowest BCUT2D eigenvalue weighted by molar-refractivity contribution is -0.166. The van der Waals surface area contributed by atoms with Gasteiger partial charge in [-0.05, 0) is 57.2 Å². The van der Waals surface area contributed by atoms with Gasteiger partial charge in [0.2, 0.25) is 0 Å². The molecule has 1 aliphatic carbocycles. The highest BCUT2D eigenvalue weighted by Gasteiger charge is 2.45. The lowest BCUT2D eigenvalue weighted by Gasteiger charge is -2.49. The zero-order valence-electron chi connectivity index (χ0n) is 11.9. The van der Waals surface area contributed by atoms with Crippen molar-refractivity contribution in [2.24, 2.45) is 11.8 Å². The van der Waals surface area contributed by atoms with Crippen LogP contribution in [0, 0.1) is 11.8 Å². The Balaban J connectivity index is 1.97. The zero-order chi connectivity index (χ0) is 13.6. The van der Waals surface area contributed by atoms with Crippen molar-refractivity contribution in [3.05, 3.63) is 41.5 Å². The van der Waals surface area contributed by atoms with Crippen LogP contribution in [0.2, 0.25) is 0 Å². The Hall–Kier alpha value is -1.28. The number of rotatable bonds is 1. The fourth-order valence-electron chi connectivity index (χ4n) is 3.47. The van der Waals surface area contributed by atoms with Crippen molar-refractivity contribution in [3.63, 3.8) is 0 Å². The molecule has 3 atom stereocenters. The molecule has 2 nitrogen and oxygen atoms in total. The van der Waals surface area contributed by atoms with Gasteiger partial charge in [0.15, 0.2) is 0 Å². The van der Waals surface area contributed by atoms with Crippen molar-refractivity contribution in [1.82, 2.24) is 0 Å². The molecule has 102 valence electrons. The van der Waals surface area contributed by atoms with Crippen LogP contribution in [0.15, 0.2) is 35.9 Å². The summed E-state index contributed by atoms with van der Waals surface area (Å²) in [6.07, 6.45) is 4.85. The third-order valence-electron chi connectivity index (χ3n) is 4.85. The standard InChI is InChI=1S/C17H22O2/c1-11-4-7-13-10-15(11)16(19-17(13,2)3)12-5-8-14(18)9-6-12/h4-6,8-9,13,15-16,18H,7,10H2,1-3H3/t13-,15-,16+/m0/s1. The topological polar surface area (TPSA) is 29.5 Å². The van der Waals surface area contributed by atoms with Crippen LogP contribution in [-0.2, 0) is 4.74 Å². The van der Waals surface area contributed by atoms with E-state index in [4.69, 9.17) is 4.74 Å². The van der Waals surface area contributed by atoms with E-state index in [0.717, 1.165) is 6.42 Å². The van der Waals surface area contributed by atoms with Gasteiger partial charge in [-0.15, -0.1) is 0 Å². The third-order valence-corrected chi connectivity index (χ3v) is 4.85. The largest absolute Gasteiger partial charge is 0.508 e. The molecule has 19 heavy (non-hydrogen) atoms. The van der Waals surface area contributed by atoms with Crippen molar-refractivity contribution in [3.8, 4) is 5.75 Å². The van der Waals surface area contributed by atoms with Crippen LogP contribution in [0.4, 0.5) is 0 Å². The van der Waals surface area contributed by atoms with Gasteiger partial charge in [0, 0.05) is 5.92 Å². The van der Waals surface area contributed by atoms with E-state index < -0.39 is 0 Å². The van der Waals surface area contributed by atoms with Gasteiger partial charge in [-0.25, -0.2) is 0 Å². The van der Waals surface area contributed by atoms with Crippen LogP contribution in [0.5, 0.6) is 5.75 Å². The fraction of sp³-hybridized carbons (Fsp3) is 0.529. The van der Waals surface area contributed by atoms with E-state index in [9.17, 15) is 5.11 Å². The first-order valence-corrected chi connectivity index (χ1v) is 7.11. The molecule has 0 aromatic heterocycles. The number of allylic oxidation sites excluding steroid dienone is 1. The summed E-state index contributed by atoms with van der Waals surface area (Å²) >= 11 is 0. The second-order valence-corrected chi connectivity index (χ2v) is 6.46. The van der Waals surface area contributed by atoms with E-state index in [2.05, 4.69) is 26.8 Å². The Kier molecular flexibility index (Phi) is 2.94. The van der Waals surface area contributed by atoms with Crippen LogP contribution in [-0.4, -0.2) is 10.7 Å². The summed E-state index contributed by atoms with van der Waals surface area (Å²) in [5.74, 6) is 1.42. The molecular formula is C17H22O2. The second-order valence-electron chi connectivity index (χ2n) is 6.46. The summed E-state index contributed by atoms with van der Waals surface area (Å²) in [5, 5.41) is 9.43. The number of benzene rings is 1. The molecule has 1 fully saturated rings. The molecule has 0 radical (unpaired) electrons. The molecule has 0 unspecified atom stereocenters. The van der Waals surface area contributed by atoms with Crippen molar-refractivity contribution in [2.75, 3.05) is 0 Å². The van der Waals surface area contributed by atoms with Crippen LogP contribution in [0.3, 0.4) is 0 Å². The molecule has 1 aliphatic heterocycles. The van der Waals surface area contributed by atoms with Crippen molar-refractivity contribution >= 4 is 0 Å². The van der Waals surface area contributed by atoms with Gasteiger partial charge < -0.3 is 9.84 Å². The zero-order valence-corrected chi connectivity index (χ0v) is 11.9. The van der Waals surface area contributed by atoms with Crippen LogP contribution >= 0.6 is 0 Å². The number of aromatic hydroxyl groups is 1. The van der Waals surface area contributed by atoms with E-state index in [1.54, 1.807) is 12.1 Å². The van der Waals surface area contributed by atoms with Gasteiger partial charge in [-0.3, -0.25) is 0 Å². The average Bonchev–Trinajstić information content (AvgIpc) is 2.37. The molecule has 0 saturated carbocycles. The van der Waals surface area contributed by atoms with Crippen LogP contribution < -0.4 is 0 Å². The monoisotopic (exact) mass is 258 g/mol. The van der Waals surface area contributed by atoms with Crippen molar-refractivity contribution in [2.45, 2.75) is 45.3 Å². The summed E-state index contributed by atoms with van der Waals surface area (Å²) in [6, 6.07) is 7.47. The van der Waals surface area contributed by atoms with Gasteiger partial charge in [0.25, 0.3) is 0 Å². The molecule has 0 amide bonds. The summed E-state index contributed by atoms with van der Waals surface area (Å²) < 4.78 is 6.41. The van der Waals surface area contributed by atoms with Gasteiger partial charge in [0.1, 0.15) is 5.75 Å². The highest BCUT2D eigenvalue weighted by Crippen LogP contribution is 2.50. The van der Waals surface area contributed by atoms with E-state index in [-0.39, 0.29) is 11.7 Å². The van der Waals surface area contributed by atoms with E-state index in [0.29, 0.717) is 17.6 Å². The maximum Gasteiger partial charge on any atom is 0.115 e. The smallest absolute Gasteiger partial charge is 0.115 e. The van der Waals surface area contributed by atoms with Crippen LogP contribution in [0.25, 0.3) is 0 Å². The molecule has 3 rings (SSSR count). The highest BCUT2D eigenvalue weighted by molar-refractivity contribution is 5.30. The lowest BCUT2D eigenvalue weighted by Crippen LogP contribution is -2.45. The first-order valence-electron chi connectivity index (χ1n) is 7.11. The summed E-state index contributed by atoms with van der Waals surface area (Å²) in [5.41, 5.74) is 2.55. The molecule has 1 aromatic carbocycles. The van der Waals surface area contributed by atoms with Gasteiger partial charge in [-0.1, -0.05) is 23.8 Å². The predicted molar refractivity (Wildman–Crippen MR) is 76.0 cm³/mol. The Morgan fingerprint density at radius 3 is 2.58 bits per heavy atom. The Morgan fingerprint density at radius 2 is 1.89 bits per heavy atom. The summed E-state index contributed by atoms with van der Waals surface area (Å²) in [6.45, 7) is 6.63. The maximum absolute atomic E-state index is 9.43. The molecule has 2 heteroatoms. The maximum atomic E-state index is 9.43. The van der Waals surface area contributed by atoms with E-state index in [1.165, 1.54) is 17.6 Å². The molecule has 1 heterocycles. The molecule has 2 bridgehead atoms. The number of hydrogen-bond acceptors (Lipinski definition) is 2. The fourth-order valence-corrected chi connectivity index (χ4v) is 3.47. The minimum Gasteiger partial charge on any atom is -0.508 e. The third kappa shape index (κ3) is 2.18. The summed E-state index contributed by atoms with van der Waals surface area (Å²) in [4.78, 5) is 0. The Labute approximate surface area is 115 Å². The quantitative estimate of drug-likeness (QED) is 0.764. The number of phenolic OH excluding ortho intramolecular Hbond substituents is 1. The number of phenols is 1. The minimum atomic E-state index is -0.0732. The second kappa shape index (κ2) is 4.38. The molecular weight excluding hydrogens is 236 g/mol. The number of hydrogen-bond donors (Lipinski definition) is 1. The van der Waals surface area contributed by atoms with E-state index >= 15 is 0 Å². The van der Waals surface area contributed by atoms with E-state index in [1.807, 2.05) is 12.1 Å². The molecule has 2 aliphatic rings. The molecule has 1 N–H and O–H groups in total. The lowest BCUT2D eigenvalue weighted by atomic mass is 9.69. The molecule has 1 aromatic rings. The normalized spacial score (nSPS) is 32.8. The van der Waals surface area contributed by atoms with Crippen molar-refractivity contribution in [1.29, 1.82) is 0 Å². The first-order chi connectivity index (χ1) is 8.97. The first kappa shape index (κ1) is 12.7. The summed E-state index contributed by atoms with van der Waals surface area (Å²) in [7, 11) is 0. The number of fused-ring (bicyclic) bond motifs is 2. The SMILES string of the molecule is CC1=CC[C@H]2C[C@@H]1[C@@H](c1ccc(O)cc1)OC2(C)C. The van der Waals surface area contributed by atoms with Gasteiger partial charge >= 0.3 is 0 Å². The van der Waals surface area contributed by atoms with Gasteiger partial charge in [-0.2, -0.15) is 0 Å². The minimum absolute atomic E-state index is 0.0732. The molecule has 1 saturated heterocycles. The predicted octanol–water partition coefficient (Wildman–Crippen LogP) is 4.21. The van der Waals surface area contributed by atoms with Crippen molar-refractivity contribution < 1.29 is 9.84 Å². The number of ether oxygens (including phenoxy) is 1.